The van der Waals surface area contributed by atoms with Gasteiger partial charge in [-0.15, -0.1) is 11.3 Å². The lowest BCUT2D eigenvalue weighted by molar-refractivity contribution is 0.122. The van der Waals surface area contributed by atoms with Gasteiger partial charge >= 0.3 is 0 Å². The molecule has 1 aliphatic heterocycles. The summed E-state index contributed by atoms with van der Waals surface area (Å²) < 4.78 is 20.4. The summed E-state index contributed by atoms with van der Waals surface area (Å²) in [5, 5.41) is 21.5. The summed E-state index contributed by atoms with van der Waals surface area (Å²) >= 11 is 1.24. The molecule has 1 fully saturated rings. The molecule has 1 atom stereocenters. The molecule has 0 radical (unpaired) electrons. The maximum Gasteiger partial charge on any atom is 0.132 e. The Morgan fingerprint density at radius 2 is 1.97 bits per heavy atom. The summed E-state index contributed by atoms with van der Waals surface area (Å²) in [5.41, 5.74) is 3.69. The summed E-state index contributed by atoms with van der Waals surface area (Å²) in [6.07, 6.45) is 0.399. The largest absolute Gasteiger partial charge is 0.391 e. The van der Waals surface area contributed by atoms with Crippen LogP contribution in [0.1, 0.15) is 27.2 Å². The number of aliphatic hydroxyl groups excluding tert-OH is 2. The molecule has 1 aliphatic rings. The summed E-state index contributed by atoms with van der Waals surface area (Å²) in [6, 6.07) is 10.4. The van der Waals surface area contributed by atoms with Gasteiger partial charge in [-0.05, 0) is 42.8 Å². The van der Waals surface area contributed by atoms with E-state index in [-0.39, 0.29) is 12.2 Å². The molecule has 0 saturated carbocycles. The zero-order chi connectivity index (χ0) is 22.9. The number of benzene rings is 2. The first-order chi connectivity index (χ1) is 16.0. The van der Waals surface area contributed by atoms with Gasteiger partial charge in [0.2, 0.25) is 0 Å². The third kappa shape index (κ3) is 4.20. The number of ether oxygens (including phenoxy) is 1. The average Bonchev–Trinajstić information content (AvgIpc) is 3.24. The van der Waals surface area contributed by atoms with Crippen molar-refractivity contribution in [1.29, 1.82) is 0 Å². The number of halogens is 1. The molecule has 4 aromatic rings. The van der Waals surface area contributed by atoms with Crippen LogP contribution in [-0.2, 0) is 11.3 Å². The Hall–Kier alpha value is -2.98. The lowest BCUT2D eigenvalue weighted by Crippen LogP contribution is -2.36. The molecule has 0 spiro atoms. The first kappa shape index (κ1) is 21.8. The highest BCUT2D eigenvalue weighted by molar-refractivity contribution is 7.11. The van der Waals surface area contributed by atoms with Crippen LogP contribution in [0.25, 0.3) is 22.2 Å². The number of hydrogen-bond donors (Lipinski definition) is 2. The highest BCUT2D eigenvalue weighted by atomic mass is 32.1. The van der Waals surface area contributed by atoms with Crippen LogP contribution in [-0.4, -0.2) is 51.5 Å². The minimum absolute atomic E-state index is 0.135. The number of fused-ring (bicyclic) bond motifs is 1. The molecule has 0 aliphatic carbocycles. The van der Waals surface area contributed by atoms with E-state index in [0.717, 1.165) is 29.7 Å². The quantitative estimate of drug-likeness (QED) is 0.464. The topological polar surface area (TPSA) is 91.6 Å². The molecule has 0 amide bonds. The van der Waals surface area contributed by atoms with Crippen molar-refractivity contribution >= 4 is 27.9 Å². The first-order valence-corrected chi connectivity index (χ1v) is 11.5. The second-order valence-electron chi connectivity index (χ2n) is 7.88. The highest BCUT2D eigenvalue weighted by Gasteiger charge is 2.20. The van der Waals surface area contributed by atoms with Gasteiger partial charge in [0, 0.05) is 29.7 Å². The van der Waals surface area contributed by atoms with Gasteiger partial charge in [-0.1, -0.05) is 6.07 Å². The number of nitrogens with zero attached hydrogens (tertiary/aromatic N) is 4. The fraction of sp³-hybridized carbons (Fsp3) is 0.292. The lowest BCUT2D eigenvalue weighted by atomic mass is 10.0. The monoisotopic (exact) mass is 466 g/mol. The normalized spacial score (nSPS) is 15.2. The summed E-state index contributed by atoms with van der Waals surface area (Å²) in [6.45, 7) is 4.65. The smallest absolute Gasteiger partial charge is 0.132 e. The number of aromatic nitrogens is 3. The highest BCUT2D eigenvalue weighted by Crippen LogP contribution is 2.34. The van der Waals surface area contributed by atoms with E-state index in [1.54, 1.807) is 19.1 Å². The molecule has 1 saturated heterocycles. The van der Waals surface area contributed by atoms with Crippen LogP contribution in [0.15, 0.2) is 42.7 Å². The van der Waals surface area contributed by atoms with Gasteiger partial charge in [-0.3, -0.25) is 0 Å². The van der Waals surface area contributed by atoms with Crippen LogP contribution in [0.5, 0.6) is 0 Å². The molecule has 7 nitrogen and oxygen atoms in total. The maximum absolute atomic E-state index is 14.9. The number of rotatable bonds is 5. The zero-order valence-electron chi connectivity index (χ0n) is 18.0. The van der Waals surface area contributed by atoms with Crippen LogP contribution in [0.2, 0.25) is 0 Å². The SMILES string of the molecule is Cc1nc(C(O)c2ccc(F)c(-c3ncnc4cc(N5CCOCC5)ccc34)c2)sc1CO. The fourth-order valence-electron chi connectivity index (χ4n) is 4.03. The molecule has 2 aromatic carbocycles. The van der Waals surface area contributed by atoms with Crippen molar-refractivity contribution in [3.05, 3.63) is 69.7 Å². The van der Waals surface area contributed by atoms with Crippen LogP contribution < -0.4 is 4.90 Å². The molecule has 0 bridgehead atoms. The summed E-state index contributed by atoms with van der Waals surface area (Å²) in [5.74, 6) is -0.436. The molecule has 2 aromatic heterocycles. The minimum atomic E-state index is -1.03. The molecule has 3 heterocycles. The Morgan fingerprint density at radius 1 is 1.15 bits per heavy atom. The summed E-state index contributed by atoms with van der Waals surface area (Å²) in [4.78, 5) is 16.1. The third-order valence-corrected chi connectivity index (χ3v) is 7.04. The minimum Gasteiger partial charge on any atom is -0.391 e. The number of morpholine rings is 1. The predicted octanol–water partition coefficient (Wildman–Crippen LogP) is 3.61. The Kier molecular flexibility index (Phi) is 6.03. The maximum atomic E-state index is 14.9. The van der Waals surface area contributed by atoms with Crippen LogP contribution in [0.3, 0.4) is 0 Å². The van der Waals surface area contributed by atoms with Crippen molar-refractivity contribution in [3.8, 4) is 11.3 Å². The van der Waals surface area contributed by atoms with Gasteiger partial charge < -0.3 is 19.8 Å². The van der Waals surface area contributed by atoms with E-state index in [1.807, 2.05) is 18.2 Å². The van der Waals surface area contributed by atoms with E-state index in [0.29, 0.717) is 40.0 Å². The Bertz CT molecular complexity index is 1310. The predicted molar refractivity (Wildman–Crippen MR) is 125 cm³/mol. The molecule has 5 rings (SSSR count). The van der Waals surface area contributed by atoms with E-state index in [4.69, 9.17) is 4.74 Å². The number of thiazole rings is 1. The van der Waals surface area contributed by atoms with Gasteiger partial charge in [0.15, 0.2) is 0 Å². The lowest BCUT2D eigenvalue weighted by Gasteiger charge is -2.29. The second-order valence-corrected chi connectivity index (χ2v) is 9.00. The molecule has 2 N–H and O–H groups in total. The molecule has 33 heavy (non-hydrogen) atoms. The molecular formula is C24H23FN4O3S. The standard InChI is InChI=1S/C24H23FN4O3S/c1-14-21(12-30)33-24(28-14)23(31)15-2-5-19(25)18(10-15)22-17-4-3-16(11-20(17)26-13-27-22)29-6-8-32-9-7-29/h2-5,10-11,13,23,30-31H,6-9,12H2,1H3. The molecule has 1 unspecified atom stereocenters. The van der Waals surface area contributed by atoms with Crippen molar-refractivity contribution in [2.75, 3.05) is 31.2 Å². The second kappa shape index (κ2) is 9.11. The van der Waals surface area contributed by atoms with E-state index < -0.39 is 11.9 Å². The zero-order valence-corrected chi connectivity index (χ0v) is 18.8. The first-order valence-electron chi connectivity index (χ1n) is 10.7. The number of aliphatic hydroxyl groups is 2. The summed E-state index contributed by atoms with van der Waals surface area (Å²) in [7, 11) is 0. The van der Waals surface area contributed by atoms with Crippen LogP contribution in [0.4, 0.5) is 10.1 Å². The molecule has 170 valence electrons. The Morgan fingerprint density at radius 3 is 2.73 bits per heavy atom. The van der Waals surface area contributed by atoms with E-state index in [1.165, 1.54) is 23.7 Å². The number of aryl methyl sites for hydroxylation is 1. The van der Waals surface area contributed by atoms with Crippen LogP contribution >= 0.6 is 11.3 Å². The van der Waals surface area contributed by atoms with Crippen molar-refractivity contribution < 1.29 is 19.3 Å². The van der Waals surface area contributed by atoms with Crippen molar-refractivity contribution in [2.24, 2.45) is 0 Å². The molecular weight excluding hydrogens is 443 g/mol. The van der Waals surface area contributed by atoms with Gasteiger partial charge in [0.1, 0.15) is 23.3 Å². The third-order valence-electron chi connectivity index (χ3n) is 5.84. The Labute approximate surface area is 194 Å². The van der Waals surface area contributed by atoms with E-state index >= 15 is 0 Å². The van der Waals surface area contributed by atoms with Gasteiger partial charge in [-0.25, -0.2) is 19.3 Å². The number of anilines is 1. The van der Waals surface area contributed by atoms with E-state index in [9.17, 15) is 14.6 Å². The van der Waals surface area contributed by atoms with Gasteiger partial charge in [-0.2, -0.15) is 0 Å². The van der Waals surface area contributed by atoms with E-state index in [2.05, 4.69) is 19.9 Å². The van der Waals surface area contributed by atoms with Gasteiger partial charge in [0.25, 0.3) is 0 Å². The van der Waals surface area contributed by atoms with Crippen molar-refractivity contribution in [1.82, 2.24) is 15.0 Å². The molecule has 9 heteroatoms. The fourth-order valence-corrected chi connectivity index (χ4v) is 4.97. The van der Waals surface area contributed by atoms with Crippen LogP contribution in [0, 0.1) is 12.7 Å². The van der Waals surface area contributed by atoms with Gasteiger partial charge in [0.05, 0.1) is 41.6 Å². The average molecular weight is 467 g/mol. The number of hydrogen-bond acceptors (Lipinski definition) is 8. The van der Waals surface area contributed by atoms with Crippen molar-refractivity contribution in [2.45, 2.75) is 19.6 Å². The van der Waals surface area contributed by atoms with Crippen molar-refractivity contribution in [3.63, 3.8) is 0 Å². The Balaban J connectivity index is 1.53.